The van der Waals surface area contributed by atoms with Crippen LogP contribution in [0.25, 0.3) is 11.1 Å². The molecule has 22 heavy (non-hydrogen) atoms. The zero-order chi connectivity index (χ0) is 16.0. The summed E-state index contributed by atoms with van der Waals surface area (Å²) >= 11 is 0. The maximum absolute atomic E-state index is 11.7. The number of carbonyl (C=O) groups excluding carboxylic acids is 1. The fraction of sp³-hybridized carbons (Fsp3) is 0.333. The summed E-state index contributed by atoms with van der Waals surface area (Å²) < 4.78 is 5.23. The van der Waals surface area contributed by atoms with Crippen LogP contribution in [0.1, 0.15) is 26.3 Å². The molecular formula is C18H22N2O2. The van der Waals surface area contributed by atoms with Gasteiger partial charge < -0.3 is 10.1 Å². The van der Waals surface area contributed by atoms with Gasteiger partial charge in [0, 0.05) is 24.5 Å². The van der Waals surface area contributed by atoms with Crippen molar-refractivity contribution in [2.45, 2.75) is 32.8 Å². The lowest BCUT2D eigenvalue weighted by molar-refractivity contribution is 0.0528. The average Bonchev–Trinajstić information content (AvgIpc) is 2.47. The monoisotopic (exact) mass is 298 g/mol. The van der Waals surface area contributed by atoms with Gasteiger partial charge in [0.1, 0.15) is 5.60 Å². The second-order valence-electron chi connectivity index (χ2n) is 6.08. The summed E-state index contributed by atoms with van der Waals surface area (Å²) in [6.07, 6.45) is 3.96. The molecule has 0 aliphatic heterocycles. The van der Waals surface area contributed by atoms with Crippen LogP contribution in [-0.2, 0) is 11.2 Å². The Morgan fingerprint density at radius 1 is 1.18 bits per heavy atom. The highest BCUT2D eigenvalue weighted by Gasteiger charge is 2.15. The summed E-state index contributed by atoms with van der Waals surface area (Å²) in [5, 5.41) is 2.79. The van der Waals surface area contributed by atoms with Crippen molar-refractivity contribution in [3.8, 4) is 11.1 Å². The maximum atomic E-state index is 11.7. The number of amides is 1. The standard InChI is InChI=1S/C18H22N2O2/c1-18(2,3)22-17(21)20-12-10-14-7-4-5-9-16(14)15-8-6-11-19-13-15/h4-9,11,13H,10,12H2,1-3H3,(H,20,21). The quantitative estimate of drug-likeness (QED) is 0.933. The Morgan fingerprint density at radius 3 is 2.64 bits per heavy atom. The summed E-state index contributed by atoms with van der Waals surface area (Å²) in [5.74, 6) is 0. The SMILES string of the molecule is CC(C)(C)OC(=O)NCCc1ccccc1-c1cccnc1. The number of benzene rings is 1. The third-order valence-electron chi connectivity index (χ3n) is 3.05. The number of pyridine rings is 1. The molecular weight excluding hydrogens is 276 g/mol. The van der Waals surface area contributed by atoms with E-state index in [1.54, 1.807) is 6.20 Å². The maximum Gasteiger partial charge on any atom is 0.407 e. The van der Waals surface area contributed by atoms with E-state index in [4.69, 9.17) is 4.74 Å². The number of carbonyl (C=O) groups is 1. The zero-order valence-corrected chi connectivity index (χ0v) is 13.3. The van der Waals surface area contributed by atoms with Gasteiger partial charge in [-0.15, -0.1) is 0 Å². The van der Waals surface area contributed by atoms with E-state index in [0.29, 0.717) is 6.54 Å². The lowest BCUT2D eigenvalue weighted by Crippen LogP contribution is -2.33. The Hall–Kier alpha value is -2.36. The van der Waals surface area contributed by atoms with Gasteiger partial charge in [-0.25, -0.2) is 4.79 Å². The van der Waals surface area contributed by atoms with Gasteiger partial charge in [0.15, 0.2) is 0 Å². The fourth-order valence-electron chi connectivity index (χ4n) is 2.16. The van der Waals surface area contributed by atoms with E-state index in [2.05, 4.69) is 22.4 Å². The third-order valence-corrected chi connectivity index (χ3v) is 3.05. The predicted molar refractivity (Wildman–Crippen MR) is 87.6 cm³/mol. The van der Waals surface area contributed by atoms with Gasteiger partial charge in [0.2, 0.25) is 0 Å². The Morgan fingerprint density at radius 2 is 1.95 bits per heavy atom. The van der Waals surface area contributed by atoms with Crippen LogP contribution in [0.3, 0.4) is 0 Å². The highest BCUT2D eigenvalue weighted by molar-refractivity contribution is 5.68. The van der Waals surface area contributed by atoms with Crippen molar-refractivity contribution >= 4 is 6.09 Å². The van der Waals surface area contributed by atoms with Crippen molar-refractivity contribution in [1.82, 2.24) is 10.3 Å². The van der Waals surface area contributed by atoms with Crippen LogP contribution in [0.2, 0.25) is 0 Å². The topological polar surface area (TPSA) is 51.2 Å². The van der Waals surface area contributed by atoms with E-state index in [9.17, 15) is 4.79 Å². The van der Waals surface area contributed by atoms with Crippen LogP contribution in [0.15, 0.2) is 48.8 Å². The zero-order valence-electron chi connectivity index (χ0n) is 13.3. The molecule has 0 aliphatic carbocycles. The minimum Gasteiger partial charge on any atom is -0.444 e. The molecule has 116 valence electrons. The van der Waals surface area contributed by atoms with Gasteiger partial charge in [-0.1, -0.05) is 30.3 Å². The number of nitrogens with zero attached hydrogens (tertiary/aromatic N) is 1. The Balaban J connectivity index is 1.98. The van der Waals surface area contributed by atoms with Crippen LogP contribution >= 0.6 is 0 Å². The van der Waals surface area contributed by atoms with Gasteiger partial charge in [-0.2, -0.15) is 0 Å². The first kappa shape index (κ1) is 16.0. The van der Waals surface area contributed by atoms with Gasteiger partial charge in [0.05, 0.1) is 0 Å². The first-order valence-corrected chi connectivity index (χ1v) is 7.41. The highest BCUT2D eigenvalue weighted by Crippen LogP contribution is 2.22. The first-order valence-electron chi connectivity index (χ1n) is 7.41. The van der Waals surface area contributed by atoms with Gasteiger partial charge in [0.25, 0.3) is 0 Å². The van der Waals surface area contributed by atoms with Crippen LogP contribution in [0, 0.1) is 0 Å². The molecule has 0 aliphatic rings. The van der Waals surface area contributed by atoms with E-state index in [1.807, 2.05) is 51.2 Å². The van der Waals surface area contributed by atoms with Crippen molar-refractivity contribution < 1.29 is 9.53 Å². The molecule has 1 aromatic heterocycles. The second-order valence-corrected chi connectivity index (χ2v) is 6.08. The smallest absolute Gasteiger partial charge is 0.407 e. The molecule has 4 heteroatoms. The van der Waals surface area contributed by atoms with Crippen LogP contribution < -0.4 is 5.32 Å². The van der Waals surface area contributed by atoms with Crippen molar-refractivity contribution in [3.05, 3.63) is 54.4 Å². The predicted octanol–water partition coefficient (Wildman–Crippen LogP) is 3.82. The Kier molecular flexibility index (Phi) is 5.15. The Labute approximate surface area is 131 Å². The number of ether oxygens (including phenoxy) is 1. The summed E-state index contributed by atoms with van der Waals surface area (Å²) in [6.45, 7) is 6.09. The van der Waals surface area contributed by atoms with E-state index in [-0.39, 0.29) is 6.09 Å². The number of alkyl carbamates (subject to hydrolysis) is 1. The van der Waals surface area contributed by atoms with Gasteiger partial charge in [-0.3, -0.25) is 4.98 Å². The average molecular weight is 298 g/mol. The minimum atomic E-state index is -0.475. The molecule has 1 heterocycles. The molecule has 0 spiro atoms. The molecule has 4 nitrogen and oxygen atoms in total. The molecule has 0 saturated carbocycles. The van der Waals surface area contributed by atoms with Gasteiger partial charge in [-0.05, 0) is 44.4 Å². The summed E-state index contributed by atoms with van der Waals surface area (Å²) in [4.78, 5) is 15.8. The largest absolute Gasteiger partial charge is 0.444 e. The van der Waals surface area contributed by atoms with Crippen molar-refractivity contribution in [2.75, 3.05) is 6.54 Å². The molecule has 0 bridgehead atoms. The third kappa shape index (κ3) is 4.88. The van der Waals surface area contributed by atoms with Crippen LogP contribution in [0.4, 0.5) is 4.79 Å². The van der Waals surface area contributed by atoms with E-state index in [0.717, 1.165) is 17.5 Å². The van der Waals surface area contributed by atoms with Crippen LogP contribution in [-0.4, -0.2) is 23.2 Å². The summed E-state index contributed by atoms with van der Waals surface area (Å²) in [5.41, 5.74) is 2.92. The fourth-order valence-corrected chi connectivity index (χ4v) is 2.16. The molecule has 2 rings (SSSR count). The Bertz CT molecular complexity index is 618. The molecule has 0 saturated heterocycles. The van der Waals surface area contributed by atoms with E-state index in [1.165, 1.54) is 5.56 Å². The number of nitrogens with one attached hydrogen (secondary N) is 1. The molecule has 1 amide bonds. The minimum absolute atomic E-state index is 0.383. The molecule has 0 fully saturated rings. The lowest BCUT2D eigenvalue weighted by atomic mass is 9.99. The van der Waals surface area contributed by atoms with Crippen molar-refractivity contribution in [1.29, 1.82) is 0 Å². The van der Waals surface area contributed by atoms with Crippen molar-refractivity contribution in [2.24, 2.45) is 0 Å². The van der Waals surface area contributed by atoms with E-state index < -0.39 is 5.60 Å². The number of aromatic nitrogens is 1. The summed E-state index contributed by atoms with van der Waals surface area (Å²) in [7, 11) is 0. The number of hydrogen-bond acceptors (Lipinski definition) is 3. The summed E-state index contributed by atoms with van der Waals surface area (Å²) in [6, 6.07) is 12.1. The van der Waals surface area contributed by atoms with Crippen LogP contribution in [0.5, 0.6) is 0 Å². The first-order chi connectivity index (χ1) is 10.5. The molecule has 1 aromatic carbocycles. The molecule has 1 N–H and O–H groups in total. The number of rotatable bonds is 4. The van der Waals surface area contributed by atoms with Gasteiger partial charge >= 0.3 is 6.09 Å². The molecule has 0 atom stereocenters. The number of hydrogen-bond donors (Lipinski definition) is 1. The molecule has 0 unspecified atom stereocenters. The normalized spacial score (nSPS) is 11.0. The highest BCUT2D eigenvalue weighted by atomic mass is 16.6. The lowest BCUT2D eigenvalue weighted by Gasteiger charge is -2.19. The van der Waals surface area contributed by atoms with Crippen molar-refractivity contribution in [3.63, 3.8) is 0 Å². The second kappa shape index (κ2) is 7.07. The molecule has 2 aromatic rings. The molecule has 0 radical (unpaired) electrons. The van der Waals surface area contributed by atoms with E-state index >= 15 is 0 Å².